The minimum absolute atomic E-state index is 0.135. The highest BCUT2D eigenvalue weighted by atomic mass is 19.4. The third-order valence-corrected chi connectivity index (χ3v) is 2.80. The van der Waals surface area contributed by atoms with Crippen molar-refractivity contribution in [3.63, 3.8) is 0 Å². The maximum absolute atomic E-state index is 12.7. The van der Waals surface area contributed by atoms with Crippen molar-refractivity contribution >= 4 is 5.97 Å². The molecule has 0 saturated heterocycles. The second kappa shape index (κ2) is 6.42. The lowest BCUT2D eigenvalue weighted by Gasteiger charge is -2.14. The number of hydrogen-bond acceptors (Lipinski definition) is 3. The van der Waals surface area contributed by atoms with Crippen LogP contribution in [0.2, 0.25) is 0 Å². The van der Waals surface area contributed by atoms with E-state index in [-0.39, 0.29) is 18.6 Å². The van der Waals surface area contributed by atoms with Crippen molar-refractivity contribution in [2.24, 2.45) is 0 Å². The van der Waals surface area contributed by atoms with Gasteiger partial charge in [-0.3, -0.25) is 4.79 Å². The van der Waals surface area contributed by atoms with Gasteiger partial charge in [0.05, 0.1) is 30.2 Å². The first-order chi connectivity index (χ1) is 9.33. The topological polar surface area (TPSA) is 50.1 Å². The average molecular weight is 285 g/mol. The Kier molecular flexibility index (Phi) is 5.14. The van der Waals surface area contributed by atoms with Crippen LogP contribution in [0.15, 0.2) is 12.1 Å². The molecule has 0 aromatic heterocycles. The summed E-state index contributed by atoms with van der Waals surface area (Å²) in [6.07, 6.45) is -4.41. The first-order valence-corrected chi connectivity index (χ1v) is 6.12. The van der Waals surface area contributed by atoms with Crippen molar-refractivity contribution in [2.45, 2.75) is 32.9 Å². The van der Waals surface area contributed by atoms with Crippen LogP contribution in [0.4, 0.5) is 13.2 Å². The molecule has 0 N–H and O–H groups in total. The molecule has 0 atom stereocenters. The molecule has 0 aliphatic heterocycles. The second-order valence-electron chi connectivity index (χ2n) is 4.11. The van der Waals surface area contributed by atoms with Gasteiger partial charge in [-0.05, 0) is 36.6 Å². The van der Waals surface area contributed by atoms with Crippen LogP contribution < -0.4 is 0 Å². The fraction of sp³-hybridized carbons (Fsp3) is 0.429. The Labute approximate surface area is 115 Å². The molecule has 3 nitrogen and oxygen atoms in total. The Bertz CT molecular complexity index is 545. The molecule has 1 rings (SSSR count). The summed E-state index contributed by atoms with van der Waals surface area (Å²) in [5.41, 5.74) is -0.367. The van der Waals surface area contributed by atoms with Crippen LogP contribution in [-0.2, 0) is 28.5 Å². The van der Waals surface area contributed by atoms with Crippen LogP contribution in [0.1, 0.15) is 36.1 Å². The minimum Gasteiger partial charge on any atom is -0.466 e. The lowest BCUT2D eigenvalue weighted by atomic mass is 9.94. The van der Waals surface area contributed by atoms with Gasteiger partial charge in [0.1, 0.15) is 0 Å². The number of nitriles is 1. The Morgan fingerprint density at radius 3 is 2.45 bits per heavy atom. The summed E-state index contributed by atoms with van der Waals surface area (Å²) in [7, 11) is 0. The Morgan fingerprint density at radius 2 is 2.00 bits per heavy atom. The van der Waals surface area contributed by atoms with Gasteiger partial charge in [0.15, 0.2) is 0 Å². The number of esters is 1. The maximum Gasteiger partial charge on any atom is 0.416 e. The van der Waals surface area contributed by atoms with E-state index in [0.29, 0.717) is 17.5 Å². The molecule has 0 saturated carbocycles. The zero-order valence-electron chi connectivity index (χ0n) is 11.2. The highest BCUT2D eigenvalue weighted by Crippen LogP contribution is 2.32. The number of benzene rings is 1. The Hall–Kier alpha value is -2.03. The van der Waals surface area contributed by atoms with Crippen LogP contribution in [0, 0.1) is 11.3 Å². The van der Waals surface area contributed by atoms with Crippen LogP contribution in [0.3, 0.4) is 0 Å². The lowest BCUT2D eigenvalue weighted by Crippen LogP contribution is -2.13. The zero-order chi connectivity index (χ0) is 15.3. The quantitative estimate of drug-likeness (QED) is 0.798. The summed E-state index contributed by atoms with van der Waals surface area (Å²) in [5.74, 6) is -0.557. The zero-order valence-corrected chi connectivity index (χ0v) is 11.2. The van der Waals surface area contributed by atoms with Gasteiger partial charge >= 0.3 is 12.1 Å². The smallest absolute Gasteiger partial charge is 0.416 e. The largest absolute Gasteiger partial charge is 0.466 e. The van der Waals surface area contributed by atoms with E-state index in [1.54, 1.807) is 19.9 Å². The van der Waals surface area contributed by atoms with Gasteiger partial charge in [-0.1, -0.05) is 6.92 Å². The molecule has 0 unspecified atom stereocenters. The number of ether oxygens (including phenoxy) is 1. The van der Waals surface area contributed by atoms with Gasteiger partial charge in [0, 0.05) is 0 Å². The van der Waals surface area contributed by atoms with Crippen molar-refractivity contribution in [3.8, 4) is 6.07 Å². The van der Waals surface area contributed by atoms with Crippen molar-refractivity contribution in [1.82, 2.24) is 0 Å². The van der Waals surface area contributed by atoms with Crippen molar-refractivity contribution in [1.29, 1.82) is 5.26 Å². The Morgan fingerprint density at radius 1 is 1.35 bits per heavy atom. The highest BCUT2D eigenvalue weighted by Gasteiger charge is 2.32. The van der Waals surface area contributed by atoms with E-state index in [1.807, 2.05) is 0 Å². The van der Waals surface area contributed by atoms with E-state index < -0.39 is 17.7 Å². The van der Waals surface area contributed by atoms with Gasteiger partial charge in [-0.25, -0.2) is 0 Å². The van der Waals surface area contributed by atoms with E-state index in [2.05, 4.69) is 0 Å². The van der Waals surface area contributed by atoms with E-state index in [0.717, 1.165) is 12.1 Å². The molecule has 108 valence electrons. The van der Waals surface area contributed by atoms with Crippen LogP contribution >= 0.6 is 0 Å². The van der Waals surface area contributed by atoms with Gasteiger partial charge in [0.2, 0.25) is 0 Å². The molecule has 0 amide bonds. The third-order valence-electron chi connectivity index (χ3n) is 2.80. The van der Waals surface area contributed by atoms with Gasteiger partial charge in [0.25, 0.3) is 0 Å². The van der Waals surface area contributed by atoms with Crippen molar-refractivity contribution in [2.75, 3.05) is 6.61 Å². The van der Waals surface area contributed by atoms with E-state index in [4.69, 9.17) is 10.00 Å². The molecule has 6 heteroatoms. The molecular formula is C14H14F3NO2. The molecule has 0 aliphatic rings. The molecule has 1 aromatic carbocycles. The van der Waals surface area contributed by atoms with Crippen molar-refractivity contribution < 1.29 is 22.7 Å². The van der Waals surface area contributed by atoms with Crippen LogP contribution in [0.5, 0.6) is 0 Å². The third kappa shape index (κ3) is 3.73. The Balaban J connectivity index is 3.30. The van der Waals surface area contributed by atoms with E-state index >= 15 is 0 Å². The number of carbonyl (C=O) groups is 1. The summed E-state index contributed by atoms with van der Waals surface area (Å²) in [5, 5.41) is 9.00. The van der Waals surface area contributed by atoms with E-state index in [9.17, 15) is 18.0 Å². The highest BCUT2D eigenvalue weighted by molar-refractivity contribution is 5.74. The summed E-state index contributed by atoms with van der Waals surface area (Å²) in [6, 6.07) is 3.48. The summed E-state index contributed by atoms with van der Waals surface area (Å²) in [4.78, 5) is 11.5. The summed E-state index contributed by atoms with van der Waals surface area (Å²) >= 11 is 0. The van der Waals surface area contributed by atoms with Crippen LogP contribution in [0.25, 0.3) is 0 Å². The second-order valence-corrected chi connectivity index (χ2v) is 4.11. The monoisotopic (exact) mass is 285 g/mol. The fourth-order valence-corrected chi connectivity index (χ4v) is 1.88. The minimum atomic E-state index is -4.52. The molecule has 20 heavy (non-hydrogen) atoms. The summed E-state index contributed by atoms with van der Waals surface area (Å²) in [6.45, 7) is 3.49. The average Bonchev–Trinajstić information content (AvgIpc) is 2.37. The standard InChI is InChI=1S/C14H14F3NO2/c1-3-9-5-11(14(15,16)17)6-10(8-18)12(9)7-13(19)20-4-2/h5-6H,3-4,7H2,1-2H3. The maximum atomic E-state index is 12.7. The predicted octanol–water partition coefficient (Wildman–Crippen LogP) is 3.25. The number of aryl methyl sites for hydroxylation is 1. The van der Waals surface area contributed by atoms with Gasteiger partial charge < -0.3 is 4.74 Å². The molecule has 0 radical (unpaired) electrons. The van der Waals surface area contributed by atoms with Crippen LogP contribution in [-0.4, -0.2) is 12.6 Å². The SMILES string of the molecule is CCOC(=O)Cc1c(C#N)cc(C(F)(F)F)cc1CC. The van der Waals surface area contributed by atoms with Crippen molar-refractivity contribution in [3.05, 3.63) is 34.4 Å². The predicted molar refractivity (Wildman–Crippen MR) is 65.9 cm³/mol. The lowest BCUT2D eigenvalue weighted by molar-refractivity contribution is -0.142. The number of carbonyl (C=O) groups excluding carboxylic acids is 1. The number of halogens is 3. The number of alkyl halides is 3. The first kappa shape index (κ1) is 16.0. The number of nitrogens with zero attached hydrogens (tertiary/aromatic N) is 1. The molecule has 0 bridgehead atoms. The first-order valence-electron chi connectivity index (χ1n) is 6.12. The molecule has 0 heterocycles. The number of hydrogen-bond donors (Lipinski definition) is 0. The molecule has 0 fully saturated rings. The molecule has 0 aliphatic carbocycles. The normalized spacial score (nSPS) is 11.0. The molecular weight excluding hydrogens is 271 g/mol. The summed E-state index contributed by atoms with van der Waals surface area (Å²) < 4.78 is 43.0. The molecule has 0 spiro atoms. The van der Waals surface area contributed by atoms with E-state index in [1.165, 1.54) is 0 Å². The fourth-order valence-electron chi connectivity index (χ4n) is 1.88. The number of rotatable bonds is 4. The van der Waals surface area contributed by atoms with Gasteiger partial charge in [-0.15, -0.1) is 0 Å². The molecule has 1 aromatic rings. The van der Waals surface area contributed by atoms with Gasteiger partial charge in [-0.2, -0.15) is 18.4 Å².